The van der Waals surface area contributed by atoms with Crippen LogP contribution in [0.3, 0.4) is 0 Å². The highest BCUT2D eigenvalue weighted by atomic mass is 35.5. The minimum absolute atomic E-state index is 0.00712. The van der Waals surface area contributed by atoms with Gasteiger partial charge in [0.1, 0.15) is 5.82 Å². The van der Waals surface area contributed by atoms with Gasteiger partial charge in [-0.25, -0.2) is 9.78 Å². The maximum Gasteiger partial charge on any atom is 0.318 e. The molecule has 1 aliphatic carbocycles. The number of nitrogens with one attached hydrogen (secondary N) is 1. The predicted molar refractivity (Wildman–Crippen MR) is 90.4 cm³/mol. The van der Waals surface area contributed by atoms with Crippen molar-refractivity contribution < 1.29 is 4.79 Å². The highest BCUT2D eigenvalue weighted by molar-refractivity contribution is 6.30. The van der Waals surface area contributed by atoms with Crippen molar-refractivity contribution in [2.75, 3.05) is 6.54 Å². The number of hydrogen-bond donors (Lipinski definition) is 1. The molecule has 3 rings (SSSR count). The van der Waals surface area contributed by atoms with Crippen molar-refractivity contribution in [2.24, 2.45) is 0 Å². The van der Waals surface area contributed by atoms with Crippen molar-refractivity contribution in [1.29, 1.82) is 0 Å². The molecule has 1 saturated carbocycles. The molecular formula is C17H21ClN4O. The number of hydrogen-bond acceptors (Lipinski definition) is 2. The van der Waals surface area contributed by atoms with Gasteiger partial charge in [0.25, 0.3) is 0 Å². The van der Waals surface area contributed by atoms with Crippen LogP contribution in [0.15, 0.2) is 36.7 Å². The van der Waals surface area contributed by atoms with Crippen LogP contribution in [-0.4, -0.2) is 33.1 Å². The Balaban J connectivity index is 1.73. The summed E-state index contributed by atoms with van der Waals surface area (Å²) in [6, 6.07) is 8.14. The van der Waals surface area contributed by atoms with E-state index in [9.17, 15) is 4.79 Å². The smallest absolute Gasteiger partial charge is 0.318 e. The zero-order valence-electron chi connectivity index (χ0n) is 13.2. The second-order valence-corrected chi connectivity index (χ2v) is 6.23. The summed E-state index contributed by atoms with van der Waals surface area (Å²) in [6.45, 7) is 3.80. The Morgan fingerprint density at radius 2 is 2.30 bits per heavy atom. The second-order valence-electron chi connectivity index (χ2n) is 5.80. The third-order valence-corrected chi connectivity index (χ3v) is 4.17. The number of imidazole rings is 1. The summed E-state index contributed by atoms with van der Waals surface area (Å²) in [7, 11) is 0. The largest absolute Gasteiger partial charge is 0.338 e. The number of benzene rings is 1. The fourth-order valence-electron chi connectivity index (χ4n) is 2.63. The van der Waals surface area contributed by atoms with Gasteiger partial charge in [0, 0.05) is 36.5 Å². The van der Waals surface area contributed by atoms with Crippen LogP contribution in [0.2, 0.25) is 5.02 Å². The number of carbonyl (C=O) groups is 1. The average Bonchev–Trinajstić information content (AvgIpc) is 3.27. The van der Waals surface area contributed by atoms with Crippen molar-refractivity contribution in [3.63, 3.8) is 0 Å². The zero-order valence-corrected chi connectivity index (χ0v) is 14.0. The standard InChI is InChI=1S/C17H21ClN4O/c1-2-19-17(23)22(15-6-7-15)12-16-20-8-9-21(16)11-13-4-3-5-14(18)10-13/h3-5,8-10,15H,2,6-7,11-12H2,1H3,(H,19,23). The van der Waals surface area contributed by atoms with Gasteiger partial charge in [0.15, 0.2) is 0 Å². The number of nitrogens with zero attached hydrogens (tertiary/aromatic N) is 3. The van der Waals surface area contributed by atoms with Gasteiger partial charge in [-0.3, -0.25) is 0 Å². The Kier molecular flexibility index (Phi) is 4.86. The number of carbonyl (C=O) groups excluding carboxylic acids is 1. The molecule has 0 unspecified atom stereocenters. The summed E-state index contributed by atoms with van der Waals surface area (Å²) in [5, 5.41) is 3.62. The lowest BCUT2D eigenvalue weighted by Gasteiger charge is -2.22. The molecule has 1 aromatic carbocycles. The fourth-order valence-corrected chi connectivity index (χ4v) is 2.84. The zero-order chi connectivity index (χ0) is 16.2. The van der Waals surface area contributed by atoms with Crippen LogP contribution in [0.25, 0.3) is 0 Å². The molecule has 5 nitrogen and oxygen atoms in total. The van der Waals surface area contributed by atoms with Gasteiger partial charge in [-0.05, 0) is 37.5 Å². The quantitative estimate of drug-likeness (QED) is 0.882. The monoisotopic (exact) mass is 332 g/mol. The van der Waals surface area contributed by atoms with Crippen LogP contribution in [0, 0.1) is 0 Å². The average molecular weight is 333 g/mol. The van der Waals surface area contributed by atoms with E-state index in [1.165, 1.54) is 0 Å². The first kappa shape index (κ1) is 15.9. The molecule has 1 N–H and O–H groups in total. The highest BCUT2D eigenvalue weighted by Gasteiger charge is 2.33. The molecule has 1 aromatic heterocycles. The van der Waals surface area contributed by atoms with Crippen LogP contribution < -0.4 is 5.32 Å². The third kappa shape index (κ3) is 4.05. The third-order valence-electron chi connectivity index (χ3n) is 3.93. The first-order valence-electron chi connectivity index (χ1n) is 7.96. The Hall–Kier alpha value is -2.01. The Labute approximate surface area is 141 Å². The molecule has 0 saturated heterocycles. The number of halogens is 1. The maximum absolute atomic E-state index is 12.2. The van der Waals surface area contributed by atoms with Crippen LogP contribution in [0.1, 0.15) is 31.2 Å². The van der Waals surface area contributed by atoms with E-state index >= 15 is 0 Å². The van der Waals surface area contributed by atoms with Gasteiger partial charge in [-0.15, -0.1) is 0 Å². The second kappa shape index (κ2) is 7.04. The predicted octanol–water partition coefficient (Wildman–Crippen LogP) is 3.28. The van der Waals surface area contributed by atoms with Gasteiger partial charge in [0.2, 0.25) is 0 Å². The van der Waals surface area contributed by atoms with E-state index in [1.807, 2.05) is 42.3 Å². The molecule has 0 atom stereocenters. The van der Waals surface area contributed by atoms with E-state index in [-0.39, 0.29) is 6.03 Å². The number of aromatic nitrogens is 2. The molecule has 2 aromatic rings. The number of amides is 2. The molecule has 23 heavy (non-hydrogen) atoms. The van der Waals surface area contributed by atoms with Crippen LogP contribution >= 0.6 is 11.6 Å². The molecule has 1 aliphatic rings. The van der Waals surface area contributed by atoms with Gasteiger partial charge in [-0.2, -0.15) is 0 Å². The van der Waals surface area contributed by atoms with Crippen LogP contribution in [-0.2, 0) is 13.1 Å². The SMILES string of the molecule is CCNC(=O)N(Cc1nccn1Cc1cccc(Cl)c1)C1CC1. The first-order chi connectivity index (χ1) is 11.2. The number of rotatable bonds is 6. The summed E-state index contributed by atoms with van der Waals surface area (Å²) < 4.78 is 2.07. The lowest BCUT2D eigenvalue weighted by molar-refractivity contribution is 0.190. The minimum Gasteiger partial charge on any atom is -0.338 e. The van der Waals surface area contributed by atoms with Gasteiger partial charge in [0.05, 0.1) is 6.54 Å². The van der Waals surface area contributed by atoms with Gasteiger partial charge < -0.3 is 14.8 Å². The van der Waals surface area contributed by atoms with E-state index in [0.29, 0.717) is 25.7 Å². The topological polar surface area (TPSA) is 50.2 Å². The van der Waals surface area contributed by atoms with Crippen molar-refractivity contribution in [1.82, 2.24) is 19.8 Å². The fraction of sp³-hybridized carbons (Fsp3) is 0.412. The van der Waals surface area contributed by atoms with E-state index in [4.69, 9.17) is 11.6 Å². The molecule has 2 amide bonds. The van der Waals surface area contributed by atoms with Crippen molar-refractivity contribution in [3.05, 3.63) is 53.1 Å². The van der Waals surface area contributed by atoms with Crippen LogP contribution in [0.5, 0.6) is 0 Å². The molecule has 1 heterocycles. The summed E-state index contributed by atoms with van der Waals surface area (Å²) in [6.07, 6.45) is 5.87. The van der Waals surface area contributed by atoms with Gasteiger partial charge >= 0.3 is 6.03 Å². The maximum atomic E-state index is 12.2. The molecule has 0 spiro atoms. The molecule has 122 valence electrons. The normalized spacial score (nSPS) is 13.8. The van der Waals surface area contributed by atoms with Gasteiger partial charge in [-0.1, -0.05) is 23.7 Å². The number of urea groups is 1. The van der Waals surface area contributed by atoms with Crippen molar-refractivity contribution in [2.45, 2.75) is 38.9 Å². The Morgan fingerprint density at radius 1 is 1.48 bits per heavy atom. The molecule has 0 radical (unpaired) electrons. The van der Waals surface area contributed by atoms with E-state index in [1.54, 1.807) is 6.20 Å². The molecule has 1 fully saturated rings. The Morgan fingerprint density at radius 3 is 3.00 bits per heavy atom. The lowest BCUT2D eigenvalue weighted by Crippen LogP contribution is -2.41. The van der Waals surface area contributed by atoms with E-state index in [2.05, 4.69) is 14.9 Å². The van der Waals surface area contributed by atoms with Crippen LogP contribution in [0.4, 0.5) is 4.79 Å². The first-order valence-corrected chi connectivity index (χ1v) is 8.34. The van der Waals surface area contributed by atoms with Crippen molar-refractivity contribution in [3.8, 4) is 0 Å². The molecule has 0 bridgehead atoms. The molecular weight excluding hydrogens is 312 g/mol. The van der Waals surface area contributed by atoms with Crippen molar-refractivity contribution >= 4 is 17.6 Å². The minimum atomic E-state index is -0.00712. The summed E-state index contributed by atoms with van der Waals surface area (Å²) in [4.78, 5) is 18.6. The highest BCUT2D eigenvalue weighted by Crippen LogP contribution is 2.28. The molecule has 6 heteroatoms. The summed E-state index contributed by atoms with van der Waals surface area (Å²) in [5.41, 5.74) is 1.12. The summed E-state index contributed by atoms with van der Waals surface area (Å²) >= 11 is 6.05. The summed E-state index contributed by atoms with van der Waals surface area (Å²) in [5.74, 6) is 0.892. The molecule has 0 aliphatic heterocycles. The lowest BCUT2D eigenvalue weighted by atomic mass is 10.2. The van der Waals surface area contributed by atoms with E-state index < -0.39 is 0 Å². The Bertz CT molecular complexity index is 681. The van der Waals surface area contributed by atoms with E-state index in [0.717, 1.165) is 29.3 Å².